The highest BCUT2D eigenvalue weighted by atomic mass is 32.2. The Balaban J connectivity index is 2.57. The Morgan fingerprint density at radius 1 is 1.04 bits per heavy atom. The van der Waals surface area contributed by atoms with Gasteiger partial charge in [0.05, 0.1) is 17.7 Å². The van der Waals surface area contributed by atoms with Crippen LogP contribution in [0.3, 0.4) is 0 Å². The summed E-state index contributed by atoms with van der Waals surface area (Å²) in [7, 11) is -2.51. The second-order valence-corrected chi connectivity index (χ2v) is 9.66. The number of sulfonamides is 1. The first-order valence-electron chi connectivity index (χ1n) is 8.99. The molecule has 0 aliphatic rings. The Labute approximate surface area is 167 Å². The normalized spacial score (nSPS) is 11.8. The summed E-state index contributed by atoms with van der Waals surface area (Å²) in [6.45, 7) is 8.92. The van der Waals surface area contributed by atoms with Crippen LogP contribution in [0.25, 0.3) is 0 Å². The SMILES string of the molecule is COc1ccc(C)cc1N(CC(=O)NC(C)(C)C)S(=O)(=O)c1ccc(C)cc1. The molecule has 7 heteroatoms. The number of hydrogen-bond acceptors (Lipinski definition) is 4. The molecule has 2 rings (SSSR count). The minimum atomic E-state index is -3.98. The van der Waals surface area contributed by atoms with Crippen molar-refractivity contribution in [2.24, 2.45) is 0 Å². The largest absolute Gasteiger partial charge is 0.495 e. The van der Waals surface area contributed by atoms with Gasteiger partial charge in [-0.15, -0.1) is 0 Å². The zero-order chi connectivity index (χ0) is 21.1. The summed E-state index contributed by atoms with van der Waals surface area (Å²) in [4.78, 5) is 12.7. The Bertz CT molecular complexity index is 945. The zero-order valence-electron chi connectivity index (χ0n) is 17.2. The van der Waals surface area contributed by atoms with Crippen LogP contribution in [0.5, 0.6) is 5.75 Å². The first-order chi connectivity index (χ1) is 12.9. The number of nitrogens with zero attached hydrogens (tertiary/aromatic N) is 1. The lowest BCUT2D eigenvalue weighted by Gasteiger charge is -2.28. The highest BCUT2D eigenvalue weighted by Gasteiger charge is 2.30. The minimum Gasteiger partial charge on any atom is -0.495 e. The van der Waals surface area contributed by atoms with Gasteiger partial charge in [0.1, 0.15) is 12.3 Å². The van der Waals surface area contributed by atoms with E-state index in [9.17, 15) is 13.2 Å². The van der Waals surface area contributed by atoms with Gasteiger partial charge < -0.3 is 10.1 Å². The third-order valence-electron chi connectivity index (χ3n) is 4.01. The van der Waals surface area contributed by atoms with Crippen LogP contribution in [0.1, 0.15) is 31.9 Å². The standard InChI is InChI=1S/C21H28N2O4S/c1-15-7-10-17(11-8-15)28(25,26)23(14-20(24)22-21(3,4)5)18-13-16(2)9-12-19(18)27-6/h7-13H,14H2,1-6H3,(H,22,24). The van der Waals surface area contributed by atoms with Crippen molar-refractivity contribution in [2.45, 2.75) is 45.1 Å². The van der Waals surface area contributed by atoms with Crippen molar-refractivity contribution in [3.63, 3.8) is 0 Å². The smallest absolute Gasteiger partial charge is 0.264 e. The van der Waals surface area contributed by atoms with E-state index in [1.54, 1.807) is 36.4 Å². The lowest BCUT2D eigenvalue weighted by Crippen LogP contribution is -2.47. The van der Waals surface area contributed by atoms with E-state index < -0.39 is 21.5 Å². The Kier molecular flexibility index (Phi) is 6.39. The van der Waals surface area contributed by atoms with Gasteiger partial charge in [-0.1, -0.05) is 23.8 Å². The van der Waals surface area contributed by atoms with Gasteiger partial charge in [-0.2, -0.15) is 0 Å². The fourth-order valence-electron chi connectivity index (χ4n) is 2.72. The van der Waals surface area contributed by atoms with Gasteiger partial charge in [0.15, 0.2) is 0 Å². The van der Waals surface area contributed by atoms with Crippen molar-refractivity contribution in [2.75, 3.05) is 18.0 Å². The number of ether oxygens (including phenoxy) is 1. The van der Waals surface area contributed by atoms with Crippen LogP contribution in [0.2, 0.25) is 0 Å². The molecular formula is C21H28N2O4S. The van der Waals surface area contributed by atoms with Crippen molar-refractivity contribution < 1.29 is 17.9 Å². The second-order valence-electron chi connectivity index (χ2n) is 7.80. The number of benzene rings is 2. The van der Waals surface area contributed by atoms with Gasteiger partial charge in [0, 0.05) is 5.54 Å². The molecule has 0 fully saturated rings. The fraction of sp³-hybridized carbons (Fsp3) is 0.381. The van der Waals surface area contributed by atoms with Crippen LogP contribution in [0.15, 0.2) is 47.4 Å². The highest BCUT2D eigenvalue weighted by molar-refractivity contribution is 7.92. The van der Waals surface area contributed by atoms with E-state index in [4.69, 9.17) is 4.74 Å². The van der Waals surface area contributed by atoms with E-state index in [2.05, 4.69) is 5.32 Å². The van der Waals surface area contributed by atoms with Crippen LogP contribution in [0, 0.1) is 13.8 Å². The maximum absolute atomic E-state index is 13.4. The first-order valence-corrected chi connectivity index (χ1v) is 10.4. The maximum atomic E-state index is 13.4. The van der Waals surface area contributed by atoms with Crippen molar-refractivity contribution in [1.29, 1.82) is 0 Å². The number of amides is 1. The summed E-state index contributed by atoms with van der Waals surface area (Å²) >= 11 is 0. The highest BCUT2D eigenvalue weighted by Crippen LogP contribution is 2.33. The van der Waals surface area contributed by atoms with Crippen LogP contribution < -0.4 is 14.4 Å². The summed E-state index contributed by atoms with van der Waals surface area (Å²) in [5, 5.41) is 2.82. The number of anilines is 1. The van der Waals surface area contributed by atoms with E-state index in [1.165, 1.54) is 7.11 Å². The quantitative estimate of drug-likeness (QED) is 0.800. The summed E-state index contributed by atoms with van der Waals surface area (Å²) in [5.74, 6) is -0.0170. The van der Waals surface area contributed by atoms with Crippen LogP contribution >= 0.6 is 0 Å². The molecule has 0 spiro atoms. The molecule has 0 aliphatic carbocycles. The second kappa shape index (κ2) is 8.22. The summed E-state index contributed by atoms with van der Waals surface area (Å²) in [5.41, 5.74) is 1.65. The van der Waals surface area contributed by atoms with Crippen molar-refractivity contribution in [3.8, 4) is 5.75 Å². The zero-order valence-corrected chi connectivity index (χ0v) is 18.1. The van der Waals surface area contributed by atoms with E-state index in [0.717, 1.165) is 15.4 Å². The summed E-state index contributed by atoms with van der Waals surface area (Å²) in [6.07, 6.45) is 0. The molecule has 2 aromatic rings. The van der Waals surface area contributed by atoms with Crippen LogP contribution in [0.4, 0.5) is 5.69 Å². The number of aryl methyl sites for hydroxylation is 2. The molecule has 0 unspecified atom stereocenters. The molecule has 0 heterocycles. The molecule has 1 N–H and O–H groups in total. The molecule has 6 nitrogen and oxygen atoms in total. The third-order valence-corrected chi connectivity index (χ3v) is 5.79. The predicted octanol–water partition coefficient (Wildman–Crippen LogP) is 3.42. The Morgan fingerprint density at radius 3 is 2.14 bits per heavy atom. The maximum Gasteiger partial charge on any atom is 0.264 e. The van der Waals surface area contributed by atoms with Gasteiger partial charge in [-0.05, 0) is 64.4 Å². The van der Waals surface area contributed by atoms with Crippen LogP contribution in [-0.2, 0) is 14.8 Å². The number of carbonyl (C=O) groups is 1. The Morgan fingerprint density at radius 2 is 1.61 bits per heavy atom. The van der Waals surface area contributed by atoms with E-state index in [0.29, 0.717) is 11.4 Å². The number of rotatable bonds is 6. The van der Waals surface area contributed by atoms with Gasteiger partial charge >= 0.3 is 0 Å². The average Bonchev–Trinajstić information content (AvgIpc) is 2.58. The molecule has 0 radical (unpaired) electrons. The summed E-state index contributed by atoms with van der Waals surface area (Å²) < 4.78 is 33.3. The molecule has 0 bridgehead atoms. The topological polar surface area (TPSA) is 75.7 Å². The number of hydrogen-bond donors (Lipinski definition) is 1. The van der Waals surface area contributed by atoms with Gasteiger partial charge in [0.2, 0.25) is 5.91 Å². The van der Waals surface area contributed by atoms with Gasteiger partial charge in [-0.3, -0.25) is 9.10 Å². The molecule has 0 aliphatic heterocycles. The minimum absolute atomic E-state index is 0.116. The Hall–Kier alpha value is -2.54. The molecule has 28 heavy (non-hydrogen) atoms. The first kappa shape index (κ1) is 21.8. The number of nitrogens with one attached hydrogen (secondary N) is 1. The van der Waals surface area contributed by atoms with Crippen LogP contribution in [-0.4, -0.2) is 33.5 Å². The molecule has 0 saturated carbocycles. The number of carbonyl (C=O) groups excluding carboxylic acids is 1. The van der Waals surface area contributed by atoms with Gasteiger partial charge in [0.25, 0.3) is 10.0 Å². The van der Waals surface area contributed by atoms with Crippen molar-refractivity contribution in [3.05, 3.63) is 53.6 Å². The van der Waals surface area contributed by atoms with Crippen molar-refractivity contribution in [1.82, 2.24) is 5.32 Å². The van der Waals surface area contributed by atoms with E-state index in [-0.39, 0.29) is 11.4 Å². The molecule has 0 aromatic heterocycles. The molecule has 0 atom stereocenters. The fourth-order valence-corrected chi connectivity index (χ4v) is 4.14. The van der Waals surface area contributed by atoms with Crippen molar-refractivity contribution >= 4 is 21.6 Å². The molecular weight excluding hydrogens is 376 g/mol. The lowest BCUT2D eigenvalue weighted by atomic mass is 10.1. The molecule has 2 aromatic carbocycles. The molecule has 152 valence electrons. The third kappa shape index (κ3) is 5.25. The molecule has 0 saturated heterocycles. The monoisotopic (exact) mass is 404 g/mol. The summed E-state index contributed by atoms with van der Waals surface area (Å²) in [6, 6.07) is 11.8. The number of methoxy groups -OCH3 is 1. The van der Waals surface area contributed by atoms with E-state index in [1.807, 2.05) is 40.7 Å². The predicted molar refractivity (Wildman–Crippen MR) is 111 cm³/mol. The molecule has 1 amide bonds. The van der Waals surface area contributed by atoms with E-state index >= 15 is 0 Å². The lowest BCUT2D eigenvalue weighted by molar-refractivity contribution is -0.121. The average molecular weight is 405 g/mol. The van der Waals surface area contributed by atoms with Gasteiger partial charge in [-0.25, -0.2) is 8.42 Å².